The number of alkyl halides is 1. The van der Waals surface area contributed by atoms with Gasteiger partial charge in [0.1, 0.15) is 18.3 Å². The molecule has 4 aromatic rings. The number of nitrogens with zero attached hydrogens (tertiary/aromatic N) is 3. The maximum atomic E-state index is 13.7. The second-order valence-corrected chi connectivity index (χ2v) is 7.21. The number of aromatic amines is 1. The van der Waals surface area contributed by atoms with Crippen molar-refractivity contribution >= 4 is 22.5 Å². The van der Waals surface area contributed by atoms with E-state index in [9.17, 15) is 8.78 Å². The quantitative estimate of drug-likeness (QED) is 0.499. The monoisotopic (exact) mass is 391 g/mol. The smallest absolute Gasteiger partial charge is 0.162 e. The van der Waals surface area contributed by atoms with Crippen LogP contribution in [-0.4, -0.2) is 20.2 Å². The standard InChI is InChI=1S/C22H19F2N5/c23-12-13-5-1-2-6-15(13)20-25-18-8-4-3-7-16(18)21(26-20)27-22-17-11-14(24)9-10-19(17)28-29-22/h1-2,5-6,9-11H,3-4,7-8,12H2,(H2,25,26,27,28,29). The molecule has 29 heavy (non-hydrogen) atoms. The van der Waals surface area contributed by atoms with Gasteiger partial charge in [0.05, 0.1) is 5.52 Å². The summed E-state index contributed by atoms with van der Waals surface area (Å²) < 4.78 is 27.3. The van der Waals surface area contributed by atoms with Gasteiger partial charge in [0.15, 0.2) is 11.6 Å². The molecule has 7 heteroatoms. The molecule has 0 saturated carbocycles. The van der Waals surface area contributed by atoms with Crippen LogP contribution in [0.1, 0.15) is 29.7 Å². The topological polar surface area (TPSA) is 66.5 Å². The molecule has 146 valence electrons. The predicted octanol–water partition coefficient (Wildman–Crippen LogP) is 5.25. The molecule has 0 atom stereocenters. The van der Waals surface area contributed by atoms with Crippen LogP contribution in [0.5, 0.6) is 0 Å². The summed E-state index contributed by atoms with van der Waals surface area (Å²) in [5, 5.41) is 11.1. The summed E-state index contributed by atoms with van der Waals surface area (Å²) in [7, 11) is 0. The number of rotatable bonds is 4. The highest BCUT2D eigenvalue weighted by molar-refractivity contribution is 5.91. The fraction of sp³-hybridized carbons (Fsp3) is 0.227. The van der Waals surface area contributed by atoms with Crippen molar-refractivity contribution in [3.63, 3.8) is 0 Å². The summed E-state index contributed by atoms with van der Waals surface area (Å²) in [6, 6.07) is 11.7. The number of hydrogen-bond acceptors (Lipinski definition) is 4. The largest absolute Gasteiger partial charge is 0.323 e. The zero-order valence-corrected chi connectivity index (χ0v) is 15.7. The number of fused-ring (bicyclic) bond motifs is 2. The Kier molecular flexibility index (Phi) is 4.42. The molecule has 0 fully saturated rings. The first-order valence-corrected chi connectivity index (χ1v) is 9.67. The van der Waals surface area contributed by atoms with Gasteiger partial charge in [-0.1, -0.05) is 24.3 Å². The minimum absolute atomic E-state index is 0.329. The van der Waals surface area contributed by atoms with Gasteiger partial charge >= 0.3 is 0 Å². The lowest BCUT2D eigenvalue weighted by Gasteiger charge is -2.20. The van der Waals surface area contributed by atoms with E-state index in [2.05, 4.69) is 15.5 Å². The average molecular weight is 391 g/mol. The average Bonchev–Trinajstić information content (AvgIpc) is 3.15. The van der Waals surface area contributed by atoms with E-state index in [0.29, 0.717) is 34.0 Å². The molecule has 1 aliphatic carbocycles. The number of hydrogen-bond donors (Lipinski definition) is 2. The van der Waals surface area contributed by atoms with Crippen molar-refractivity contribution in [3.05, 3.63) is 65.1 Å². The Morgan fingerprint density at radius 3 is 2.76 bits per heavy atom. The van der Waals surface area contributed by atoms with Gasteiger partial charge in [-0.15, -0.1) is 0 Å². The highest BCUT2D eigenvalue weighted by atomic mass is 19.1. The van der Waals surface area contributed by atoms with Crippen molar-refractivity contribution in [2.24, 2.45) is 0 Å². The zero-order chi connectivity index (χ0) is 19.8. The van der Waals surface area contributed by atoms with Crippen LogP contribution < -0.4 is 5.32 Å². The fourth-order valence-corrected chi connectivity index (χ4v) is 3.87. The Morgan fingerprint density at radius 1 is 1.00 bits per heavy atom. The Labute approximate surface area is 166 Å². The molecular weight excluding hydrogens is 372 g/mol. The van der Waals surface area contributed by atoms with E-state index < -0.39 is 6.67 Å². The van der Waals surface area contributed by atoms with Crippen LogP contribution in [0.2, 0.25) is 0 Å². The lowest BCUT2D eigenvalue weighted by molar-refractivity contribution is 0.486. The van der Waals surface area contributed by atoms with Crippen LogP contribution in [0.25, 0.3) is 22.3 Å². The molecule has 0 unspecified atom stereocenters. The number of halogens is 2. The summed E-state index contributed by atoms with van der Waals surface area (Å²) in [4.78, 5) is 9.48. The third kappa shape index (κ3) is 3.22. The molecule has 0 saturated heterocycles. The Bertz CT molecular complexity index is 1200. The van der Waals surface area contributed by atoms with Gasteiger partial charge in [0, 0.05) is 22.2 Å². The van der Waals surface area contributed by atoms with Crippen LogP contribution in [0.3, 0.4) is 0 Å². The van der Waals surface area contributed by atoms with Crippen LogP contribution in [0, 0.1) is 5.82 Å². The second-order valence-electron chi connectivity index (χ2n) is 7.21. The molecule has 1 aliphatic rings. The van der Waals surface area contributed by atoms with Gasteiger partial charge in [-0.05, 0) is 49.4 Å². The molecule has 0 amide bonds. The van der Waals surface area contributed by atoms with Gasteiger partial charge in [0.2, 0.25) is 0 Å². The number of aromatic nitrogens is 4. The van der Waals surface area contributed by atoms with Crippen molar-refractivity contribution in [3.8, 4) is 11.4 Å². The minimum atomic E-state index is -0.581. The molecule has 0 bridgehead atoms. The summed E-state index contributed by atoms with van der Waals surface area (Å²) in [6.45, 7) is -0.581. The van der Waals surface area contributed by atoms with Crippen molar-refractivity contribution in [2.75, 3.05) is 5.32 Å². The molecular formula is C22H19F2N5. The van der Waals surface area contributed by atoms with E-state index in [-0.39, 0.29) is 5.82 Å². The maximum absolute atomic E-state index is 13.7. The lowest BCUT2D eigenvalue weighted by atomic mass is 9.96. The highest BCUT2D eigenvalue weighted by Gasteiger charge is 2.21. The Hall–Kier alpha value is -3.35. The number of benzene rings is 2. The molecule has 5 rings (SSSR count). The predicted molar refractivity (Wildman–Crippen MR) is 108 cm³/mol. The third-order valence-electron chi connectivity index (χ3n) is 5.35. The van der Waals surface area contributed by atoms with E-state index in [4.69, 9.17) is 9.97 Å². The number of anilines is 2. The van der Waals surface area contributed by atoms with E-state index in [1.807, 2.05) is 12.1 Å². The SMILES string of the molecule is FCc1ccccc1-c1nc2c(c(Nc3n[nH]c4ccc(F)cc34)n1)CCCC2. The lowest BCUT2D eigenvalue weighted by Crippen LogP contribution is -2.12. The second kappa shape index (κ2) is 7.24. The minimum Gasteiger partial charge on any atom is -0.323 e. The van der Waals surface area contributed by atoms with Gasteiger partial charge in [-0.25, -0.2) is 18.7 Å². The summed E-state index contributed by atoms with van der Waals surface area (Å²) in [5.74, 6) is 1.32. The first-order valence-electron chi connectivity index (χ1n) is 9.67. The van der Waals surface area contributed by atoms with Gasteiger partial charge in [0.25, 0.3) is 0 Å². The van der Waals surface area contributed by atoms with Crippen molar-refractivity contribution in [2.45, 2.75) is 32.4 Å². The molecule has 0 radical (unpaired) electrons. The van der Waals surface area contributed by atoms with E-state index in [1.165, 1.54) is 12.1 Å². The molecule has 2 heterocycles. The Morgan fingerprint density at radius 2 is 1.86 bits per heavy atom. The summed E-state index contributed by atoms with van der Waals surface area (Å²) in [5.41, 5.74) is 4.00. The first-order chi connectivity index (χ1) is 14.2. The van der Waals surface area contributed by atoms with Gasteiger partial charge in [-0.2, -0.15) is 5.10 Å². The zero-order valence-electron chi connectivity index (χ0n) is 15.7. The van der Waals surface area contributed by atoms with Crippen LogP contribution in [-0.2, 0) is 19.5 Å². The van der Waals surface area contributed by atoms with Crippen LogP contribution >= 0.6 is 0 Å². The van der Waals surface area contributed by atoms with Crippen LogP contribution in [0.4, 0.5) is 20.4 Å². The molecule has 2 N–H and O–H groups in total. The number of nitrogens with one attached hydrogen (secondary N) is 2. The fourth-order valence-electron chi connectivity index (χ4n) is 3.87. The van der Waals surface area contributed by atoms with Gasteiger partial charge < -0.3 is 5.32 Å². The molecule has 5 nitrogen and oxygen atoms in total. The van der Waals surface area contributed by atoms with E-state index in [1.54, 1.807) is 18.2 Å². The van der Waals surface area contributed by atoms with Crippen molar-refractivity contribution < 1.29 is 8.78 Å². The van der Waals surface area contributed by atoms with Crippen molar-refractivity contribution in [1.82, 2.24) is 20.2 Å². The summed E-state index contributed by atoms with van der Waals surface area (Å²) >= 11 is 0. The highest BCUT2D eigenvalue weighted by Crippen LogP contribution is 2.32. The molecule has 0 aliphatic heterocycles. The van der Waals surface area contributed by atoms with Crippen molar-refractivity contribution in [1.29, 1.82) is 0 Å². The van der Waals surface area contributed by atoms with E-state index in [0.717, 1.165) is 42.5 Å². The number of aryl methyl sites for hydroxylation is 1. The van der Waals surface area contributed by atoms with Gasteiger partial charge in [-0.3, -0.25) is 5.10 Å². The first kappa shape index (κ1) is 17.7. The third-order valence-corrected chi connectivity index (χ3v) is 5.35. The van der Waals surface area contributed by atoms with E-state index >= 15 is 0 Å². The number of H-pyrrole nitrogens is 1. The summed E-state index contributed by atoms with van der Waals surface area (Å²) in [6.07, 6.45) is 3.83. The maximum Gasteiger partial charge on any atom is 0.162 e. The molecule has 2 aromatic heterocycles. The molecule has 2 aromatic carbocycles. The molecule has 0 spiro atoms. The van der Waals surface area contributed by atoms with Crippen LogP contribution in [0.15, 0.2) is 42.5 Å². The Balaban J connectivity index is 1.64. The normalized spacial score (nSPS) is 13.4.